The molecule has 3 aromatic rings. The van der Waals surface area contributed by atoms with Crippen molar-refractivity contribution in [2.75, 3.05) is 0 Å². The molecule has 6 N–H and O–H groups in total. The first-order chi connectivity index (χ1) is 16.8. The molecule has 17 heteroatoms. The average Bonchev–Trinajstić information content (AvgIpc) is 2.85. The van der Waals surface area contributed by atoms with Crippen molar-refractivity contribution < 1.29 is 158 Å². The van der Waals surface area contributed by atoms with Crippen LogP contribution >= 0.6 is 0 Å². The summed E-state index contributed by atoms with van der Waals surface area (Å²) in [4.78, 5) is 72.0. The third-order valence-corrected chi connectivity index (χ3v) is 3.56. The molecular weight excluding hydrogens is 790 g/mol. The van der Waals surface area contributed by atoms with Gasteiger partial charge in [0.05, 0.1) is 0 Å². The van der Waals surface area contributed by atoms with Crippen molar-refractivity contribution in [3.63, 3.8) is 0 Å². The third kappa shape index (κ3) is 13.3. The topological polar surface area (TPSA) is 262 Å². The van der Waals surface area contributed by atoms with Gasteiger partial charge in [0.2, 0.25) is 0 Å². The third-order valence-electron chi connectivity index (χ3n) is 3.56. The van der Waals surface area contributed by atoms with Crippen LogP contribution in [-0.2, 0) is 0 Å². The Kier molecular flexibility index (Phi) is 18.4. The molecule has 0 fully saturated rings. The summed E-state index contributed by atoms with van der Waals surface area (Å²) in [6, 6.07) is 11.4. The van der Waals surface area contributed by atoms with Crippen LogP contribution in [0.1, 0.15) is 62.9 Å². The molecule has 0 aliphatic heterocycles. The Bertz CT molecular complexity index is 1090. The number of hydrogen-bond donors (Lipinski definition) is 6. The first kappa shape index (κ1) is 37.6. The summed E-state index contributed by atoms with van der Waals surface area (Å²) in [6.07, 6.45) is 0. The fourth-order valence-corrected chi connectivity index (χ4v) is 2.02. The quantitative estimate of drug-likeness (QED) is 0.206. The van der Waals surface area contributed by atoms with Crippen molar-refractivity contribution in [1.82, 2.24) is 15.0 Å². The Labute approximate surface area is 293 Å². The number of carbonyl (C=O) groups is 6. The zero-order chi connectivity index (χ0) is 27.4. The Morgan fingerprint density at radius 3 is 0.605 bits per heavy atom. The van der Waals surface area contributed by atoms with Crippen molar-refractivity contribution in [3.8, 4) is 0 Å². The minimum atomic E-state index is -1.24. The van der Waals surface area contributed by atoms with Crippen LogP contribution in [0.25, 0.3) is 0 Å². The summed E-state index contributed by atoms with van der Waals surface area (Å²) >= 11 is 0. The number of nitrogens with zero attached hydrogens (tertiary/aromatic N) is 3. The van der Waals surface area contributed by atoms with E-state index >= 15 is 0 Å². The summed E-state index contributed by atoms with van der Waals surface area (Å²) < 4.78 is 0. The molecule has 0 atom stereocenters. The second-order valence-electron chi connectivity index (χ2n) is 6.06. The van der Waals surface area contributed by atoms with Gasteiger partial charge in [-0.2, -0.15) is 0 Å². The van der Waals surface area contributed by atoms with Gasteiger partial charge in [0.1, 0.15) is 34.2 Å². The van der Waals surface area contributed by atoms with Gasteiger partial charge in [-0.15, -0.1) is 0 Å². The van der Waals surface area contributed by atoms with Gasteiger partial charge in [-0.05, 0) is 36.4 Å². The minimum absolute atomic E-state index is 0. The summed E-state index contributed by atoms with van der Waals surface area (Å²) in [5.41, 5.74) is -1.61. The average molecular weight is 805 g/mol. The van der Waals surface area contributed by atoms with E-state index in [9.17, 15) is 28.8 Å². The number of aromatic carboxylic acids is 6. The molecule has 200 valence electrons. The molecule has 3 heterocycles. The fourth-order valence-electron chi connectivity index (χ4n) is 2.02. The molecule has 0 aromatic carbocycles. The summed E-state index contributed by atoms with van der Waals surface area (Å²) in [5, 5.41) is 50.6. The van der Waals surface area contributed by atoms with E-state index in [0.717, 1.165) is 0 Å². The van der Waals surface area contributed by atoms with Gasteiger partial charge in [0.25, 0.3) is 0 Å². The number of hydrogen-bond acceptors (Lipinski definition) is 9. The Balaban J connectivity index is 0. The first-order valence-electron chi connectivity index (χ1n) is 9.14. The molecule has 0 spiro atoms. The molecule has 0 unspecified atom stereocenters. The Hall–Kier alpha value is -2.56. The maximum absolute atomic E-state index is 10.3. The summed E-state index contributed by atoms with van der Waals surface area (Å²) in [7, 11) is 0. The maximum Gasteiger partial charge on any atom is 0.354 e. The Morgan fingerprint density at radius 2 is 0.500 bits per heavy atom. The van der Waals surface area contributed by atoms with Crippen molar-refractivity contribution in [1.29, 1.82) is 0 Å². The van der Waals surface area contributed by atoms with Crippen molar-refractivity contribution >= 4 is 35.8 Å². The van der Waals surface area contributed by atoms with E-state index in [1.807, 2.05) is 0 Å². The fraction of sp³-hybridized carbons (Fsp3) is 0. The smallest absolute Gasteiger partial charge is 0.354 e. The van der Waals surface area contributed by atoms with Crippen LogP contribution < -0.4 is 0 Å². The van der Waals surface area contributed by atoms with E-state index in [-0.39, 0.29) is 133 Å². The van der Waals surface area contributed by atoms with Crippen LogP contribution in [0.4, 0.5) is 0 Å². The van der Waals surface area contributed by atoms with E-state index in [1.54, 1.807) is 0 Å². The SMILES string of the molecule is O=C(O)c1cccc(C(=O)O)n1.O=C(O)c1cccc(C(=O)O)n1.O=C(O)c1cccc(C(=O)O)n1.[Eu].[Eu]. The summed E-state index contributed by atoms with van der Waals surface area (Å²) in [6.45, 7) is 0. The molecular formula is C21H15Eu2N3O12. The van der Waals surface area contributed by atoms with Gasteiger partial charge in [0.15, 0.2) is 0 Å². The molecule has 0 aliphatic carbocycles. The van der Waals surface area contributed by atoms with Crippen LogP contribution in [-0.4, -0.2) is 81.4 Å². The van der Waals surface area contributed by atoms with E-state index in [1.165, 1.54) is 54.6 Å². The van der Waals surface area contributed by atoms with Crippen LogP contribution in [0.15, 0.2) is 54.6 Å². The van der Waals surface area contributed by atoms with Crippen LogP contribution in [0.2, 0.25) is 0 Å². The molecule has 3 aromatic heterocycles. The van der Waals surface area contributed by atoms with Crippen molar-refractivity contribution in [2.45, 2.75) is 0 Å². The van der Waals surface area contributed by atoms with Crippen molar-refractivity contribution in [3.05, 3.63) is 88.8 Å². The van der Waals surface area contributed by atoms with Crippen LogP contribution in [0, 0.1) is 98.8 Å². The number of carboxylic acid groups (broad SMARTS) is 6. The number of pyridine rings is 3. The number of aromatic nitrogens is 3. The molecule has 0 saturated heterocycles. The minimum Gasteiger partial charge on any atom is -0.477 e. The molecule has 0 aliphatic rings. The molecule has 2 radical (unpaired) electrons. The number of rotatable bonds is 6. The van der Waals surface area contributed by atoms with E-state index in [4.69, 9.17) is 30.6 Å². The molecule has 15 nitrogen and oxygen atoms in total. The molecule has 0 saturated carbocycles. The van der Waals surface area contributed by atoms with Gasteiger partial charge in [-0.25, -0.2) is 43.7 Å². The van der Waals surface area contributed by atoms with E-state index in [0.29, 0.717) is 0 Å². The van der Waals surface area contributed by atoms with Gasteiger partial charge in [-0.1, -0.05) is 18.2 Å². The zero-order valence-electron chi connectivity index (χ0n) is 18.4. The van der Waals surface area contributed by atoms with Gasteiger partial charge in [-0.3, -0.25) is 0 Å². The van der Waals surface area contributed by atoms with Crippen LogP contribution in [0.5, 0.6) is 0 Å². The van der Waals surface area contributed by atoms with E-state index < -0.39 is 35.8 Å². The predicted octanol–water partition coefficient (Wildman–Crippen LogP) is 1.43. The Morgan fingerprint density at radius 1 is 0.368 bits per heavy atom. The van der Waals surface area contributed by atoms with Crippen molar-refractivity contribution in [2.24, 2.45) is 0 Å². The van der Waals surface area contributed by atoms with Gasteiger partial charge < -0.3 is 30.6 Å². The summed E-state index contributed by atoms with van der Waals surface area (Å²) in [5.74, 6) is -7.43. The van der Waals surface area contributed by atoms with Gasteiger partial charge in [0, 0.05) is 98.8 Å². The normalized spacial score (nSPS) is 8.84. The van der Waals surface area contributed by atoms with Gasteiger partial charge >= 0.3 is 35.8 Å². The van der Waals surface area contributed by atoms with Crippen LogP contribution in [0.3, 0.4) is 0 Å². The molecule has 3 rings (SSSR count). The second kappa shape index (κ2) is 18.7. The largest absolute Gasteiger partial charge is 0.477 e. The molecule has 0 amide bonds. The first-order valence-corrected chi connectivity index (χ1v) is 9.14. The predicted molar refractivity (Wildman–Crippen MR) is 114 cm³/mol. The standard InChI is InChI=1S/3C7H5NO4.2Eu/c3*9-6(10)4-2-1-3-5(8-4)7(11)12;;/h3*1-3H,(H,9,10)(H,11,12);;. The molecule has 38 heavy (non-hydrogen) atoms. The second-order valence-corrected chi connectivity index (χ2v) is 6.06. The maximum atomic E-state index is 10.3. The zero-order valence-corrected chi connectivity index (χ0v) is 23.3. The van der Waals surface area contributed by atoms with E-state index in [2.05, 4.69) is 15.0 Å². The number of carboxylic acids is 6. The molecule has 0 bridgehead atoms. The monoisotopic (exact) mass is 807 g/mol.